The molecule has 16 heavy (non-hydrogen) atoms. The van der Waals surface area contributed by atoms with Crippen LogP contribution in [0.25, 0.3) is 0 Å². The van der Waals surface area contributed by atoms with E-state index in [2.05, 4.69) is 4.99 Å². The van der Waals surface area contributed by atoms with E-state index in [1.54, 1.807) is 6.21 Å². The van der Waals surface area contributed by atoms with Gasteiger partial charge in [-0.1, -0.05) is 39.0 Å². The molecule has 0 N–H and O–H groups in total. The summed E-state index contributed by atoms with van der Waals surface area (Å²) in [6, 6.07) is 7.74. The average Bonchev–Trinajstić information content (AvgIpc) is 2.59. The zero-order chi connectivity index (χ0) is 11.8. The topological polar surface area (TPSA) is 38.7 Å². The van der Waals surface area contributed by atoms with Gasteiger partial charge >= 0.3 is 0 Å². The molecular formula is C13H15NO2. The molecule has 1 aromatic carbocycles. The zero-order valence-corrected chi connectivity index (χ0v) is 9.73. The summed E-state index contributed by atoms with van der Waals surface area (Å²) in [7, 11) is 0. The van der Waals surface area contributed by atoms with Crippen molar-refractivity contribution in [3.63, 3.8) is 0 Å². The lowest BCUT2D eigenvalue weighted by atomic mass is 9.73. The van der Waals surface area contributed by atoms with Gasteiger partial charge in [0.25, 0.3) is 6.47 Å². The van der Waals surface area contributed by atoms with Crippen molar-refractivity contribution in [3.8, 4) is 0 Å². The van der Waals surface area contributed by atoms with Crippen LogP contribution in [0.5, 0.6) is 0 Å². The van der Waals surface area contributed by atoms with Crippen molar-refractivity contribution in [2.45, 2.75) is 26.4 Å². The van der Waals surface area contributed by atoms with Crippen LogP contribution in [-0.2, 0) is 15.1 Å². The second-order valence-electron chi connectivity index (χ2n) is 4.98. The minimum absolute atomic E-state index is 0.232. The van der Waals surface area contributed by atoms with Crippen molar-refractivity contribution < 1.29 is 9.53 Å². The molecule has 1 aliphatic heterocycles. The lowest BCUT2D eigenvalue weighted by molar-refractivity contribution is -0.146. The monoisotopic (exact) mass is 217 g/mol. The maximum Gasteiger partial charge on any atom is 0.294 e. The standard InChI is InChI=1S/C13H15NO2/c1-12(2,3)13(16-9-15)8-14-11-7-5-4-6-10(11)13/h4-9H,1-3H3. The van der Waals surface area contributed by atoms with E-state index in [4.69, 9.17) is 4.74 Å². The van der Waals surface area contributed by atoms with Crippen LogP contribution < -0.4 is 0 Å². The Hall–Kier alpha value is -1.64. The molecule has 1 aromatic rings. The molecule has 3 nitrogen and oxygen atoms in total. The fourth-order valence-electron chi connectivity index (χ4n) is 2.07. The van der Waals surface area contributed by atoms with Crippen LogP contribution in [0.4, 0.5) is 5.69 Å². The number of hydrogen-bond donors (Lipinski definition) is 0. The van der Waals surface area contributed by atoms with Gasteiger partial charge in [-0.2, -0.15) is 0 Å². The van der Waals surface area contributed by atoms with Gasteiger partial charge in [0.05, 0.1) is 11.9 Å². The van der Waals surface area contributed by atoms with Gasteiger partial charge in [0.2, 0.25) is 0 Å². The van der Waals surface area contributed by atoms with Crippen LogP contribution in [0.2, 0.25) is 0 Å². The van der Waals surface area contributed by atoms with Crippen LogP contribution in [0.15, 0.2) is 29.3 Å². The van der Waals surface area contributed by atoms with Gasteiger partial charge in [-0.15, -0.1) is 0 Å². The molecule has 0 aromatic heterocycles. The predicted molar refractivity (Wildman–Crippen MR) is 62.9 cm³/mol. The largest absolute Gasteiger partial charge is 0.450 e. The maximum atomic E-state index is 10.7. The highest BCUT2D eigenvalue weighted by Gasteiger charge is 2.48. The minimum Gasteiger partial charge on any atom is -0.450 e. The van der Waals surface area contributed by atoms with Crippen LogP contribution in [0.3, 0.4) is 0 Å². The summed E-state index contributed by atoms with van der Waals surface area (Å²) < 4.78 is 5.35. The summed E-state index contributed by atoms with van der Waals surface area (Å²) in [6.07, 6.45) is 1.73. The third-order valence-corrected chi connectivity index (χ3v) is 3.04. The van der Waals surface area contributed by atoms with Crippen molar-refractivity contribution in [1.29, 1.82) is 0 Å². The second-order valence-corrected chi connectivity index (χ2v) is 4.98. The van der Waals surface area contributed by atoms with Gasteiger partial charge in [-0.05, 0) is 6.07 Å². The number of benzene rings is 1. The summed E-state index contributed by atoms with van der Waals surface area (Å²) in [5, 5.41) is 0. The van der Waals surface area contributed by atoms with E-state index < -0.39 is 5.60 Å². The molecule has 0 spiro atoms. The molecule has 1 atom stereocenters. The lowest BCUT2D eigenvalue weighted by Crippen LogP contribution is -2.42. The molecule has 0 saturated carbocycles. The predicted octanol–water partition coefficient (Wildman–Crippen LogP) is 2.82. The van der Waals surface area contributed by atoms with Crippen LogP contribution in [0.1, 0.15) is 26.3 Å². The molecular weight excluding hydrogens is 202 g/mol. The fraction of sp³-hybridized carbons (Fsp3) is 0.385. The average molecular weight is 217 g/mol. The number of nitrogens with zero attached hydrogens (tertiary/aromatic N) is 1. The first-order valence-corrected chi connectivity index (χ1v) is 5.27. The Kier molecular flexibility index (Phi) is 2.34. The highest BCUT2D eigenvalue weighted by atomic mass is 16.5. The number of aliphatic imine (C=N–C) groups is 1. The van der Waals surface area contributed by atoms with Crippen LogP contribution in [0, 0.1) is 5.41 Å². The van der Waals surface area contributed by atoms with Crippen molar-refractivity contribution in [2.24, 2.45) is 10.4 Å². The smallest absolute Gasteiger partial charge is 0.294 e. The third kappa shape index (κ3) is 1.35. The van der Waals surface area contributed by atoms with Crippen LogP contribution >= 0.6 is 0 Å². The molecule has 0 fully saturated rings. The Morgan fingerprint density at radius 1 is 1.31 bits per heavy atom. The Morgan fingerprint density at radius 3 is 2.62 bits per heavy atom. The first-order valence-electron chi connectivity index (χ1n) is 5.27. The minimum atomic E-state index is -0.745. The van der Waals surface area contributed by atoms with E-state index in [1.165, 1.54) is 0 Å². The fourth-order valence-corrected chi connectivity index (χ4v) is 2.07. The number of carbonyl (C=O) groups excluding carboxylic acids is 1. The number of fused-ring (bicyclic) bond motifs is 1. The Labute approximate surface area is 95.2 Å². The van der Waals surface area contributed by atoms with Gasteiger partial charge in [0, 0.05) is 11.0 Å². The summed E-state index contributed by atoms with van der Waals surface area (Å²) in [6.45, 7) is 6.60. The SMILES string of the molecule is CC(C)(C)C1(OC=O)C=Nc2ccccc21. The molecule has 0 radical (unpaired) electrons. The summed E-state index contributed by atoms with van der Waals surface area (Å²) in [5.41, 5.74) is 0.851. The number of hydrogen-bond acceptors (Lipinski definition) is 3. The van der Waals surface area contributed by atoms with Crippen molar-refractivity contribution >= 4 is 18.4 Å². The molecule has 0 aliphatic carbocycles. The van der Waals surface area contributed by atoms with E-state index in [0.717, 1.165) is 11.3 Å². The van der Waals surface area contributed by atoms with E-state index in [0.29, 0.717) is 6.47 Å². The number of ether oxygens (including phenoxy) is 1. The molecule has 2 rings (SSSR count). The molecule has 0 bridgehead atoms. The first-order chi connectivity index (χ1) is 7.51. The molecule has 1 unspecified atom stereocenters. The van der Waals surface area contributed by atoms with E-state index in [-0.39, 0.29) is 5.41 Å². The van der Waals surface area contributed by atoms with Crippen molar-refractivity contribution in [3.05, 3.63) is 29.8 Å². The molecule has 3 heteroatoms. The summed E-state index contributed by atoms with van der Waals surface area (Å²) in [5.74, 6) is 0. The van der Waals surface area contributed by atoms with Gasteiger partial charge in [0.15, 0.2) is 5.60 Å². The number of carbonyl (C=O) groups is 1. The highest BCUT2D eigenvalue weighted by Crippen LogP contribution is 2.48. The Bertz CT molecular complexity index is 445. The normalized spacial score (nSPS) is 22.9. The zero-order valence-electron chi connectivity index (χ0n) is 9.73. The Balaban J connectivity index is 2.60. The van der Waals surface area contributed by atoms with E-state index in [1.807, 2.05) is 45.0 Å². The van der Waals surface area contributed by atoms with Gasteiger partial charge in [-0.25, -0.2) is 0 Å². The van der Waals surface area contributed by atoms with Crippen LogP contribution in [-0.4, -0.2) is 12.7 Å². The summed E-state index contributed by atoms with van der Waals surface area (Å²) in [4.78, 5) is 15.1. The third-order valence-electron chi connectivity index (χ3n) is 3.04. The van der Waals surface area contributed by atoms with E-state index >= 15 is 0 Å². The van der Waals surface area contributed by atoms with Crippen molar-refractivity contribution in [2.75, 3.05) is 0 Å². The quantitative estimate of drug-likeness (QED) is 0.714. The van der Waals surface area contributed by atoms with Gasteiger partial charge in [-0.3, -0.25) is 9.79 Å². The van der Waals surface area contributed by atoms with Gasteiger partial charge < -0.3 is 4.74 Å². The molecule has 84 valence electrons. The lowest BCUT2D eigenvalue weighted by Gasteiger charge is -2.38. The number of para-hydroxylation sites is 1. The highest BCUT2D eigenvalue weighted by molar-refractivity contribution is 5.85. The van der Waals surface area contributed by atoms with E-state index in [9.17, 15) is 4.79 Å². The summed E-state index contributed by atoms with van der Waals surface area (Å²) >= 11 is 0. The maximum absolute atomic E-state index is 10.7. The van der Waals surface area contributed by atoms with Gasteiger partial charge in [0.1, 0.15) is 0 Å². The van der Waals surface area contributed by atoms with Crippen molar-refractivity contribution in [1.82, 2.24) is 0 Å². The molecule has 0 amide bonds. The molecule has 1 heterocycles. The number of rotatable bonds is 2. The Morgan fingerprint density at radius 2 is 2.00 bits per heavy atom. The first kappa shape index (κ1) is 10.9. The molecule has 0 saturated heterocycles. The second kappa shape index (κ2) is 3.44. The molecule has 1 aliphatic rings.